The summed E-state index contributed by atoms with van der Waals surface area (Å²) in [5.41, 5.74) is -1.87. The maximum absolute atomic E-state index is 12.6. The molecule has 0 heterocycles. The zero-order valence-corrected chi connectivity index (χ0v) is 16.0. The molecule has 27 heavy (non-hydrogen) atoms. The lowest BCUT2D eigenvalue weighted by Crippen LogP contribution is -2.54. The maximum atomic E-state index is 12.6. The highest BCUT2D eigenvalue weighted by atomic mass is 16.5. The van der Waals surface area contributed by atoms with Crippen molar-refractivity contribution in [3.8, 4) is 11.5 Å². The first-order valence-corrected chi connectivity index (χ1v) is 8.29. The van der Waals surface area contributed by atoms with E-state index in [2.05, 4.69) is 10.6 Å². The summed E-state index contributed by atoms with van der Waals surface area (Å²) in [6, 6.07) is 3.68. The van der Waals surface area contributed by atoms with Crippen molar-refractivity contribution >= 4 is 17.8 Å². The molecule has 1 rings (SSSR count). The molecule has 0 spiro atoms. The standard InChI is InChI=1S/C18H26N2O7/c1-10(2)14(16(22)19-9-18(3,25)17(23)24)20-15(21)11-6-12(26-4)8-13(7-11)27-5/h6-8,10,14,25H,9H2,1-5H3,(H,19,22)(H,20,21)(H,23,24). The molecule has 0 aromatic heterocycles. The predicted octanol–water partition coefficient (Wildman–Crippen LogP) is 0.410. The van der Waals surface area contributed by atoms with E-state index in [9.17, 15) is 19.5 Å². The van der Waals surface area contributed by atoms with Crippen LogP contribution in [0.25, 0.3) is 0 Å². The second-order valence-electron chi connectivity index (χ2n) is 6.59. The Morgan fingerprint density at radius 2 is 1.63 bits per heavy atom. The summed E-state index contributed by atoms with van der Waals surface area (Å²) < 4.78 is 10.2. The fourth-order valence-corrected chi connectivity index (χ4v) is 2.14. The Morgan fingerprint density at radius 1 is 1.11 bits per heavy atom. The van der Waals surface area contributed by atoms with Gasteiger partial charge in [-0.3, -0.25) is 9.59 Å². The minimum absolute atomic E-state index is 0.238. The molecule has 0 fully saturated rings. The molecule has 2 amide bonds. The molecule has 1 aromatic carbocycles. The normalized spacial score (nSPS) is 14.0. The maximum Gasteiger partial charge on any atom is 0.337 e. The quantitative estimate of drug-likeness (QED) is 0.486. The van der Waals surface area contributed by atoms with Crippen LogP contribution in [0.2, 0.25) is 0 Å². The Balaban J connectivity index is 2.92. The van der Waals surface area contributed by atoms with E-state index in [1.165, 1.54) is 26.4 Å². The number of carbonyl (C=O) groups excluding carboxylic acids is 2. The Kier molecular flexibility index (Phi) is 7.59. The third-order valence-electron chi connectivity index (χ3n) is 3.92. The molecule has 0 radical (unpaired) electrons. The lowest BCUT2D eigenvalue weighted by atomic mass is 10.0. The average molecular weight is 382 g/mol. The molecular formula is C18H26N2O7. The molecule has 2 unspecified atom stereocenters. The highest BCUT2D eigenvalue weighted by Gasteiger charge is 2.32. The molecule has 9 nitrogen and oxygen atoms in total. The second kappa shape index (κ2) is 9.22. The topological polar surface area (TPSA) is 134 Å². The average Bonchev–Trinajstić information content (AvgIpc) is 2.62. The van der Waals surface area contributed by atoms with Crippen LogP contribution in [-0.2, 0) is 9.59 Å². The summed E-state index contributed by atoms with van der Waals surface area (Å²) in [4.78, 5) is 35.9. The minimum Gasteiger partial charge on any atom is -0.497 e. The van der Waals surface area contributed by atoms with Crippen LogP contribution in [-0.4, -0.2) is 60.4 Å². The van der Waals surface area contributed by atoms with Crippen molar-refractivity contribution in [2.24, 2.45) is 5.92 Å². The number of rotatable bonds is 9. The lowest BCUT2D eigenvalue weighted by molar-refractivity contribution is -0.156. The molecule has 1 aromatic rings. The first-order chi connectivity index (χ1) is 12.5. The van der Waals surface area contributed by atoms with E-state index in [1.54, 1.807) is 19.9 Å². The van der Waals surface area contributed by atoms with Gasteiger partial charge in [0, 0.05) is 11.6 Å². The van der Waals surface area contributed by atoms with Crippen LogP contribution < -0.4 is 20.1 Å². The Bertz CT molecular complexity index is 679. The lowest BCUT2D eigenvalue weighted by Gasteiger charge is -2.24. The summed E-state index contributed by atoms with van der Waals surface area (Å²) in [5.74, 6) is -2.03. The van der Waals surface area contributed by atoms with E-state index in [0.29, 0.717) is 11.5 Å². The molecule has 0 saturated carbocycles. The van der Waals surface area contributed by atoms with Crippen LogP contribution >= 0.6 is 0 Å². The summed E-state index contributed by atoms with van der Waals surface area (Å²) in [5, 5.41) is 23.6. The highest BCUT2D eigenvalue weighted by molar-refractivity contribution is 5.98. The van der Waals surface area contributed by atoms with Crippen LogP contribution in [0.5, 0.6) is 11.5 Å². The predicted molar refractivity (Wildman–Crippen MR) is 96.9 cm³/mol. The summed E-state index contributed by atoms with van der Waals surface area (Å²) in [6.07, 6.45) is 0. The number of hydrogen-bond donors (Lipinski definition) is 4. The van der Waals surface area contributed by atoms with Crippen molar-refractivity contribution in [1.29, 1.82) is 0 Å². The fourth-order valence-electron chi connectivity index (χ4n) is 2.14. The number of ether oxygens (including phenoxy) is 2. The molecule has 0 aliphatic carbocycles. The van der Waals surface area contributed by atoms with Gasteiger partial charge in [0.05, 0.1) is 20.8 Å². The van der Waals surface area contributed by atoms with Gasteiger partial charge in [0.15, 0.2) is 5.60 Å². The number of benzene rings is 1. The van der Waals surface area contributed by atoms with Gasteiger partial charge in [0.2, 0.25) is 5.91 Å². The molecule has 0 aliphatic heterocycles. The number of nitrogens with one attached hydrogen (secondary N) is 2. The number of carboxylic acids is 1. The van der Waals surface area contributed by atoms with Crippen molar-refractivity contribution in [1.82, 2.24) is 10.6 Å². The number of carbonyl (C=O) groups is 3. The first-order valence-electron chi connectivity index (χ1n) is 8.29. The van der Waals surface area contributed by atoms with E-state index in [4.69, 9.17) is 14.6 Å². The van der Waals surface area contributed by atoms with Gasteiger partial charge in [-0.15, -0.1) is 0 Å². The summed E-state index contributed by atoms with van der Waals surface area (Å²) in [7, 11) is 2.91. The molecule has 4 N–H and O–H groups in total. The van der Waals surface area contributed by atoms with Gasteiger partial charge in [-0.05, 0) is 25.0 Å². The van der Waals surface area contributed by atoms with Crippen LogP contribution in [0, 0.1) is 5.92 Å². The number of aliphatic hydroxyl groups is 1. The number of carboxylic acid groups (broad SMARTS) is 1. The Labute approximate surface area is 157 Å². The van der Waals surface area contributed by atoms with Gasteiger partial charge in [0.25, 0.3) is 5.91 Å². The largest absolute Gasteiger partial charge is 0.497 e. The van der Waals surface area contributed by atoms with Gasteiger partial charge >= 0.3 is 5.97 Å². The Hall–Kier alpha value is -2.81. The van der Waals surface area contributed by atoms with E-state index in [-0.39, 0.29) is 11.5 Å². The third-order valence-corrected chi connectivity index (χ3v) is 3.92. The number of methoxy groups -OCH3 is 2. The number of amides is 2. The van der Waals surface area contributed by atoms with Gasteiger partial charge < -0.3 is 30.3 Å². The monoisotopic (exact) mass is 382 g/mol. The SMILES string of the molecule is COc1cc(OC)cc(C(=O)NC(C(=O)NCC(C)(O)C(=O)O)C(C)C)c1. The minimum atomic E-state index is -2.11. The van der Waals surface area contributed by atoms with Crippen molar-refractivity contribution in [2.45, 2.75) is 32.4 Å². The number of hydrogen-bond acceptors (Lipinski definition) is 6. The van der Waals surface area contributed by atoms with Crippen molar-refractivity contribution < 1.29 is 34.1 Å². The van der Waals surface area contributed by atoms with Crippen LogP contribution in [0.4, 0.5) is 0 Å². The molecule has 2 atom stereocenters. The van der Waals surface area contributed by atoms with E-state index >= 15 is 0 Å². The van der Waals surface area contributed by atoms with Crippen LogP contribution in [0.3, 0.4) is 0 Å². The molecular weight excluding hydrogens is 356 g/mol. The Morgan fingerprint density at radius 3 is 2.04 bits per heavy atom. The first kappa shape index (κ1) is 22.2. The highest BCUT2D eigenvalue weighted by Crippen LogP contribution is 2.22. The third kappa shape index (κ3) is 6.14. The molecule has 9 heteroatoms. The van der Waals surface area contributed by atoms with Crippen LogP contribution in [0.15, 0.2) is 18.2 Å². The number of aliphatic carboxylic acids is 1. The van der Waals surface area contributed by atoms with E-state index in [1.807, 2.05) is 0 Å². The molecule has 0 bridgehead atoms. The fraction of sp³-hybridized carbons (Fsp3) is 0.500. The zero-order chi connectivity index (χ0) is 20.8. The van der Waals surface area contributed by atoms with Crippen LogP contribution in [0.1, 0.15) is 31.1 Å². The molecule has 0 saturated heterocycles. The van der Waals surface area contributed by atoms with Gasteiger partial charge in [-0.2, -0.15) is 0 Å². The zero-order valence-electron chi connectivity index (χ0n) is 16.0. The van der Waals surface area contributed by atoms with Gasteiger partial charge in [-0.25, -0.2) is 4.79 Å². The van der Waals surface area contributed by atoms with E-state index < -0.39 is 36.0 Å². The summed E-state index contributed by atoms with van der Waals surface area (Å²) in [6.45, 7) is 4.03. The van der Waals surface area contributed by atoms with Gasteiger partial charge in [-0.1, -0.05) is 13.8 Å². The molecule has 0 aliphatic rings. The molecule has 150 valence electrons. The summed E-state index contributed by atoms with van der Waals surface area (Å²) >= 11 is 0. The van der Waals surface area contributed by atoms with Crippen molar-refractivity contribution in [2.75, 3.05) is 20.8 Å². The van der Waals surface area contributed by atoms with Gasteiger partial charge in [0.1, 0.15) is 17.5 Å². The van der Waals surface area contributed by atoms with Crippen molar-refractivity contribution in [3.05, 3.63) is 23.8 Å². The van der Waals surface area contributed by atoms with E-state index in [0.717, 1.165) is 6.92 Å². The van der Waals surface area contributed by atoms with Crippen molar-refractivity contribution in [3.63, 3.8) is 0 Å². The smallest absolute Gasteiger partial charge is 0.337 e. The second-order valence-corrected chi connectivity index (χ2v) is 6.59.